The van der Waals surface area contributed by atoms with Gasteiger partial charge in [0, 0.05) is 31.6 Å². The van der Waals surface area contributed by atoms with Crippen molar-refractivity contribution in [2.75, 3.05) is 13.1 Å². The van der Waals surface area contributed by atoms with Crippen molar-refractivity contribution in [3.05, 3.63) is 35.9 Å². The zero-order chi connectivity index (χ0) is 18.2. The van der Waals surface area contributed by atoms with Crippen molar-refractivity contribution in [1.29, 1.82) is 0 Å². The fourth-order valence-electron chi connectivity index (χ4n) is 2.95. The van der Waals surface area contributed by atoms with Crippen LogP contribution in [0.25, 0.3) is 0 Å². The number of carbonyl (C=O) groups is 3. The molecule has 2 rings (SSSR count). The van der Waals surface area contributed by atoms with Gasteiger partial charge in [-0.2, -0.15) is 0 Å². The van der Waals surface area contributed by atoms with Crippen molar-refractivity contribution in [1.82, 2.24) is 15.5 Å². The summed E-state index contributed by atoms with van der Waals surface area (Å²) in [5.74, 6) is -0.890. The smallest absolute Gasteiger partial charge is 0.317 e. The van der Waals surface area contributed by atoms with Crippen molar-refractivity contribution in [2.45, 2.75) is 37.8 Å². The van der Waals surface area contributed by atoms with Crippen LogP contribution in [-0.4, -0.2) is 53.2 Å². The summed E-state index contributed by atoms with van der Waals surface area (Å²) in [6, 6.07) is 8.35. The van der Waals surface area contributed by atoms with Crippen molar-refractivity contribution in [3.63, 3.8) is 0 Å². The average molecular weight is 348 g/mol. The van der Waals surface area contributed by atoms with E-state index in [1.165, 1.54) is 0 Å². The normalized spacial score (nSPS) is 17.8. The lowest BCUT2D eigenvalue weighted by Crippen LogP contribution is -2.47. The molecule has 1 aromatic rings. The Kier molecular flexibility index (Phi) is 6.62. The summed E-state index contributed by atoms with van der Waals surface area (Å²) < 4.78 is 0. The van der Waals surface area contributed by atoms with Crippen LogP contribution in [0.5, 0.6) is 0 Å². The molecule has 0 aliphatic carbocycles. The quantitative estimate of drug-likeness (QED) is 0.584. The summed E-state index contributed by atoms with van der Waals surface area (Å²) in [6.45, 7) is 0.916. The minimum Gasteiger partial charge on any atom is -0.481 e. The number of nitrogens with one attached hydrogen (secondary N) is 2. The molecule has 8 heteroatoms. The zero-order valence-corrected chi connectivity index (χ0v) is 14.0. The maximum atomic E-state index is 12.4. The molecule has 1 saturated heterocycles. The summed E-state index contributed by atoms with van der Waals surface area (Å²) in [7, 11) is 0. The Labute approximate surface area is 146 Å². The van der Waals surface area contributed by atoms with Gasteiger partial charge in [0.15, 0.2) is 0 Å². The topological polar surface area (TPSA) is 125 Å². The van der Waals surface area contributed by atoms with E-state index in [9.17, 15) is 14.4 Å². The van der Waals surface area contributed by atoms with Crippen LogP contribution in [0.1, 0.15) is 24.8 Å². The second kappa shape index (κ2) is 8.91. The SMILES string of the molecule is NC(=O)NC1CCN(C(=O)NC(CCC(=O)O)Cc2ccccc2)C1. The van der Waals surface area contributed by atoms with Gasteiger partial charge in [-0.3, -0.25) is 4.79 Å². The van der Waals surface area contributed by atoms with Crippen molar-refractivity contribution >= 4 is 18.0 Å². The number of carboxylic acid groups (broad SMARTS) is 1. The summed E-state index contributed by atoms with van der Waals surface area (Å²) >= 11 is 0. The zero-order valence-electron chi connectivity index (χ0n) is 14.0. The molecule has 1 aromatic carbocycles. The van der Waals surface area contributed by atoms with E-state index in [1.54, 1.807) is 4.90 Å². The maximum Gasteiger partial charge on any atom is 0.317 e. The molecule has 1 fully saturated rings. The predicted molar refractivity (Wildman–Crippen MR) is 92.0 cm³/mol. The summed E-state index contributed by atoms with van der Waals surface area (Å²) in [5.41, 5.74) is 6.14. The van der Waals surface area contributed by atoms with E-state index in [0.717, 1.165) is 5.56 Å². The monoisotopic (exact) mass is 348 g/mol. The molecule has 1 heterocycles. The van der Waals surface area contributed by atoms with Gasteiger partial charge in [0.05, 0.1) is 0 Å². The second-order valence-electron chi connectivity index (χ2n) is 6.21. The first-order valence-corrected chi connectivity index (χ1v) is 8.31. The molecule has 0 radical (unpaired) electrons. The highest BCUT2D eigenvalue weighted by Crippen LogP contribution is 2.12. The molecule has 0 spiro atoms. The maximum absolute atomic E-state index is 12.4. The van der Waals surface area contributed by atoms with Crippen LogP contribution in [0.3, 0.4) is 0 Å². The molecule has 0 aromatic heterocycles. The number of benzene rings is 1. The number of urea groups is 2. The van der Waals surface area contributed by atoms with Crippen LogP contribution in [0.2, 0.25) is 0 Å². The Balaban J connectivity index is 1.92. The first-order chi connectivity index (χ1) is 11.9. The van der Waals surface area contributed by atoms with Gasteiger partial charge in [-0.15, -0.1) is 0 Å². The van der Waals surface area contributed by atoms with Gasteiger partial charge in [-0.25, -0.2) is 9.59 Å². The first-order valence-electron chi connectivity index (χ1n) is 8.31. The molecule has 1 aliphatic rings. The van der Waals surface area contributed by atoms with Crippen LogP contribution in [0, 0.1) is 0 Å². The Morgan fingerprint density at radius 2 is 2.00 bits per heavy atom. The minimum atomic E-state index is -0.890. The Bertz CT molecular complexity index is 608. The number of likely N-dealkylation sites (tertiary alicyclic amines) is 1. The highest BCUT2D eigenvalue weighted by molar-refractivity contribution is 5.76. The highest BCUT2D eigenvalue weighted by Gasteiger charge is 2.28. The van der Waals surface area contributed by atoms with Crippen molar-refractivity contribution in [3.8, 4) is 0 Å². The second-order valence-corrected chi connectivity index (χ2v) is 6.21. The largest absolute Gasteiger partial charge is 0.481 e. The van der Waals surface area contributed by atoms with Crippen LogP contribution < -0.4 is 16.4 Å². The van der Waals surface area contributed by atoms with E-state index in [4.69, 9.17) is 10.8 Å². The molecule has 1 aliphatic heterocycles. The van der Waals surface area contributed by atoms with E-state index >= 15 is 0 Å². The number of carboxylic acids is 1. The first kappa shape index (κ1) is 18.6. The van der Waals surface area contributed by atoms with Gasteiger partial charge in [-0.05, 0) is 24.8 Å². The summed E-state index contributed by atoms with van der Waals surface area (Å²) in [4.78, 5) is 35.8. The molecule has 8 nitrogen and oxygen atoms in total. The van der Waals surface area contributed by atoms with Gasteiger partial charge >= 0.3 is 18.0 Å². The van der Waals surface area contributed by atoms with E-state index in [0.29, 0.717) is 32.4 Å². The van der Waals surface area contributed by atoms with Crippen LogP contribution >= 0.6 is 0 Å². The van der Waals surface area contributed by atoms with E-state index in [-0.39, 0.29) is 24.5 Å². The van der Waals surface area contributed by atoms with Crippen molar-refractivity contribution in [2.24, 2.45) is 5.73 Å². The number of nitrogens with two attached hydrogens (primary N) is 1. The van der Waals surface area contributed by atoms with Crippen LogP contribution in [0.4, 0.5) is 9.59 Å². The van der Waals surface area contributed by atoms with E-state index in [2.05, 4.69) is 10.6 Å². The lowest BCUT2D eigenvalue weighted by atomic mass is 10.0. The van der Waals surface area contributed by atoms with Gasteiger partial charge in [-0.1, -0.05) is 30.3 Å². The molecular formula is C17H24N4O4. The van der Waals surface area contributed by atoms with Gasteiger partial charge in [0.2, 0.25) is 0 Å². The number of hydrogen-bond acceptors (Lipinski definition) is 3. The summed E-state index contributed by atoms with van der Waals surface area (Å²) in [5, 5.41) is 14.4. The lowest BCUT2D eigenvalue weighted by molar-refractivity contribution is -0.137. The standard InChI is InChI=1S/C17H24N4O4/c18-16(24)19-14-8-9-21(11-14)17(25)20-13(6-7-15(22)23)10-12-4-2-1-3-5-12/h1-5,13-14H,6-11H2,(H,20,25)(H,22,23)(H3,18,19,24). The third kappa shape index (κ3) is 6.33. The molecule has 5 N–H and O–H groups in total. The molecule has 4 amide bonds. The number of rotatable bonds is 7. The van der Waals surface area contributed by atoms with E-state index < -0.39 is 12.0 Å². The van der Waals surface area contributed by atoms with Gasteiger partial charge < -0.3 is 26.4 Å². The Hall–Kier alpha value is -2.77. The Morgan fingerprint density at radius 1 is 1.28 bits per heavy atom. The molecule has 0 bridgehead atoms. The third-order valence-electron chi connectivity index (χ3n) is 4.18. The van der Waals surface area contributed by atoms with Crippen LogP contribution in [-0.2, 0) is 11.2 Å². The number of nitrogens with zero attached hydrogens (tertiary/aromatic N) is 1. The van der Waals surface area contributed by atoms with Crippen LogP contribution in [0.15, 0.2) is 30.3 Å². The highest BCUT2D eigenvalue weighted by atomic mass is 16.4. The Morgan fingerprint density at radius 3 is 2.64 bits per heavy atom. The third-order valence-corrected chi connectivity index (χ3v) is 4.18. The number of primary amides is 1. The molecule has 2 unspecified atom stereocenters. The molecule has 2 atom stereocenters. The van der Waals surface area contributed by atoms with Crippen molar-refractivity contribution < 1.29 is 19.5 Å². The fourth-order valence-corrected chi connectivity index (χ4v) is 2.95. The summed E-state index contributed by atoms with van der Waals surface area (Å²) in [6.07, 6.45) is 1.56. The van der Waals surface area contributed by atoms with Gasteiger partial charge in [0.25, 0.3) is 0 Å². The number of carbonyl (C=O) groups excluding carboxylic acids is 2. The fraction of sp³-hybridized carbons (Fsp3) is 0.471. The molecular weight excluding hydrogens is 324 g/mol. The number of hydrogen-bond donors (Lipinski definition) is 4. The average Bonchev–Trinajstić information content (AvgIpc) is 3.01. The van der Waals surface area contributed by atoms with Gasteiger partial charge in [0.1, 0.15) is 0 Å². The number of aliphatic carboxylic acids is 1. The molecule has 136 valence electrons. The lowest BCUT2D eigenvalue weighted by Gasteiger charge is -2.23. The van der Waals surface area contributed by atoms with E-state index in [1.807, 2.05) is 30.3 Å². The minimum absolute atomic E-state index is 0.0103. The number of amides is 4. The predicted octanol–water partition coefficient (Wildman–Crippen LogP) is 0.915. The molecule has 25 heavy (non-hydrogen) atoms. The molecule has 0 saturated carbocycles.